The normalized spacial score (nSPS) is 21.5. The molecule has 1 atom stereocenters. The molecule has 1 aromatic rings. The third-order valence-electron chi connectivity index (χ3n) is 4.06. The van der Waals surface area contributed by atoms with Gasteiger partial charge in [-0.05, 0) is 56.3 Å². The van der Waals surface area contributed by atoms with Crippen LogP contribution in [0.15, 0.2) is 16.5 Å². The summed E-state index contributed by atoms with van der Waals surface area (Å²) < 4.78 is 5.32. The fraction of sp³-hybridized carbons (Fsp3) is 0.667. The molecule has 4 heteroatoms. The van der Waals surface area contributed by atoms with Gasteiger partial charge in [0.05, 0.1) is 6.54 Å². The molecule has 1 saturated heterocycles. The van der Waals surface area contributed by atoms with Crippen molar-refractivity contribution < 1.29 is 14.3 Å². The SMILES string of the molecule is CC(C)C1CCCN(Cc2ccc(C(=O)O)o2)CC1. The molecule has 19 heavy (non-hydrogen) atoms. The summed E-state index contributed by atoms with van der Waals surface area (Å²) in [5, 5.41) is 8.84. The van der Waals surface area contributed by atoms with Crippen molar-refractivity contribution in [2.75, 3.05) is 13.1 Å². The summed E-state index contributed by atoms with van der Waals surface area (Å²) >= 11 is 0. The van der Waals surface area contributed by atoms with Gasteiger partial charge in [-0.2, -0.15) is 0 Å². The highest BCUT2D eigenvalue weighted by Gasteiger charge is 2.20. The average molecular weight is 265 g/mol. The zero-order chi connectivity index (χ0) is 13.8. The summed E-state index contributed by atoms with van der Waals surface area (Å²) in [6.45, 7) is 7.47. The minimum atomic E-state index is -0.998. The maximum atomic E-state index is 10.8. The molecular weight excluding hydrogens is 242 g/mol. The van der Waals surface area contributed by atoms with Gasteiger partial charge in [0.15, 0.2) is 0 Å². The lowest BCUT2D eigenvalue weighted by molar-refractivity contribution is 0.0658. The van der Waals surface area contributed by atoms with Crippen molar-refractivity contribution in [1.29, 1.82) is 0 Å². The first-order valence-electron chi connectivity index (χ1n) is 7.10. The maximum Gasteiger partial charge on any atom is 0.371 e. The van der Waals surface area contributed by atoms with Crippen LogP contribution in [0, 0.1) is 11.8 Å². The van der Waals surface area contributed by atoms with Crippen LogP contribution in [0.25, 0.3) is 0 Å². The lowest BCUT2D eigenvalue weighted by Crippen LogP contribution is -2.24. The van der Waals surface area contributed by atoms with E-state index in [1.807, 2.05) is 0 Å². The number of hydrogen-bond acceptors (Lipinski definition) is 3. The van der Waals surface area contributed by atoms with Crippen LogP contribution in [0.1, 0.15) is 49.4 Å². The van der Waals surface area contributed by atoms with Crippen LogP contribution in [0.2, 0.25) is 0 Å². The molecule has 2 rings (SSSR count). The van der Waals surface area contributed by atoms with Crippen LogP contribution in [0.5, 0.6) is 0 Å². The Hall–Kier alpha value is -1.29. The van der Waals surface area contributed by atoms with E-state index >= 15 is 0 Å². The second kappa shape index (κ2) is 6.24. The molecule has 0 aliphatic carbocycles. The summed E-state index contributed by atoms with van der Waals surface area (Å²) in [5.41, 5.74) is 0. The Morgan fingerprint density at radius 2 is 2.21 bits per heavy atom. The Labute approximate surface area is 114 Å². The average Bonchev–Trinajstić information content (AvgIpc) is 2.68. The quantitative estimate of drug-likeness (QED) is 0.908. The lowest BCUT2D eigenvalue weighted by Gasteiger charge is -2.20. The van der Waals surface area contributed by atoms with Gasteiger partial charge in [-0.25, -0.2) is 4.79 Å². The van der Waals surface area contributed by atoms with Crippen LogP contribution in [-0.2, 0) is 6.54 Å². The number of furan rings is 1. The van der Waals surface area contributed by atoms with Crippen molar-refractivity contribution in [3.63, 3.8) is 0 Å². The fourth-order valence-corrected chi connectivity index (χ4v) is 2.80. The van der Waals surface area contributed by atoms with Crippen LogP contribution >= 0.6 is 0 Å². The van der Waals surface area contributed by atoms with Crippen LogP contribution in [-0.4, -0.2) is 29.1 Å². The highest BCUT2D eigenvalue weighted by atomic mass is 16.4. The third kappa shape index (κ3) is 3.83. The highest BCUT2D eigenvalue weighted by Crippen LogP contribution is 2.25. The third-order valence-corrected chi connectivity index (χ3v) is 4.06. The number of carbonyl (C=O) groups is 1. The van der Waals surface area contributed by atoms with Gasteiger partial charge in [0.2, 0.25) is 5.76 Å². The number of hydrogen-bond donors (Lipinski definition) is 1. The van der Waals surface area contributed by atoms with E-state index in [1.165, 1.54) is 25.3 Å². The Morgan fingerprint density at radius 1 is 1.42 bits per heavy atom. The van der Waals surface area contributed by atoms with E-state index in [-0.39, 0.29) is 5.76 Å². The van der Waals surface area contributed by atoms with Gasteiger partial charge < -0.3 is 9.52 Å². The molecule has 1 N–H and O–H groups in total. The second-order valence-corrected chi connectivity index (χ2v) is 5.78. The fourth-order valence-electron chi connectivity index (χ4n) is 2.80. The minimum Gasteiger partial charge on any atom is -0.475 e. The Balaban J connectivity index is 1.90. The topological polar surface area (TPSA) is 53.7 Å². The monoisotopic (exact) mass is 265 g/mol. The molecule has 1 aliphatic rings. The molecule has 0 saturated carbocycles. The number of likely N-dealkylation sites (tertiary alicyclic amines) is 1. The van der Waals surface area contributed by atoms with Crippen molar-refractivity contribution in [3.8, 4) is 0 Å². The van der Waals surface area contributed by atoms with Crippen molar-refractivity contribution in [2.24, 2.45) is 11.8 Å². The molecule has 0 bridgehead atoms. The smallest absolute Gasteiger partial charge is 0.371 e. The molecule has 1 aliphatic heterocycles. The molecule has 0 spiro atoms. The number of carboxylic acid groups (broad SMARTS) is 1. The van der Waals surface area contributed by atoms with Gasteiger partial charge in [0.1, 0.15) is 5.76 Å². The van der Waals surface area contributed by atoms with Crippen LogP contribution < -0.4 is 0 Å². The standard InChI is InChI=1S/C15H23NO3/c1-11(2)12-4-3-8-16(9-7-12)10-13-5-6-14(19-13)15(17)18/h5-6,11-12H,3-4,7-10H2,1-2H3,(H,17,18). The number of rotatable bonds is 4. The molecule has 0 radical (unpaired) electrons. The Morgan fingerprint density at radius 3 is 2.84 bits per heavy atom. The van der Waals surface area contributed by atoms with Gasteiger partial charge in [-0.3, -0.25) is 4.90 Å². The number of nitrogens with zero attached hydrogens (tertiary/aromatic N) is 1. The molecule has 1 aromatic heterocycles. The van der Waals surface area contributed by atoms with Gasteiger partial charge >= 0.3 is 5.97 Å². The van der Waals surface area contributed by atoms with Crippen LogP contribution in [0.4, 0.5) is 0 Å². The summed E-state index contributed by atoms with van der Waals surface area (Å²) in [4.78, 5) is 13.1. The van der Waals surface area contributed by atoms with E-state index in [4.69, 9.17) is 9.52 Å². The van der Waals surface area contributed by atoms with E-state index < -0.39 is 5.97 Å². The molecule has 0 aromatic carbocycles. The van der Waals surface area contributed by atoms with E-state index in [1.54, 1.807) is 6.07 Å². The van der Waals surface area contributed by atoms with Gasteiger partial charge in [0.25, 0.3) is 0 Å². The molecule has 1 fully saturated rings. The molecule has 4 nitrogen and oxygen atoms in total. The van der Waals surface area contributed by atoms with E-state index in [9.17, 15) is 4.79 Å². The zero-order valence-corrected chi connectivity index (χ0v) is 11.8. The van der Waals surface area contributed by atoms with Gasteiger partial charge in [0, 0.05) is 0 Å². The van der Waals surface area contributed by atoms with E-state index in [0.717, 1.165) is 37.2 Å². The van der Waals surface area contributed by atoms with Gasteiger partial charge in [-0.1, -0.05) is 13.8 Å². The van der Waals surface area contributed by atoms with Crippen molar-refractivity contribution >= 4 is 5.97 Å². The number of carboxylic acids is 1. The predicted octanol–water partition coefficient (Wildman–Crippen LogP) is 3.24. The summed E-state index contributed by atoms with van der Waals surface area (Å²) in [6.07, 6.45) is 3.74. The largest absolute Gasteiger partial charge is 0.475 e. The Bertz CT molecular complexity index is 425. The molecule has 106 valence electrons. The first-order chi connectivity index (χ1) is 9.06. The van der Waals surface area contributed by atoms with Gasteiger partial charge in [-0.15, -0.1) is 0 Å². The van der Waals surface area contributed by atoms with Crippen molar-refractivity contribution in [1.82, 2.24) is 4.90 Å². The molecule has 0 amide bonds. The zero-order valence-electron chi connectivity index (χ0n) is 11.8. The molecule has 1 unspecified atom stereocenters. The Kier molecular flexibility index (Phi) is 4.64. The van der Waals surface area contributed by atoms with Crippen LogP contribution in [0.3, 0.4) is 0 Å². The summed E-state index contributed by atoms with van der Waals surface area (Å²) in [7, 11) is 0. The first-order valence-corrected chi connectivity index (χ1v) is 7.10. The highest BCUT2D eigenvalue weighted by molar-refractivity contribution is 5.84. The maximum absolute atomic E-state index is 10.8. The van der Waals surface area contributed by atoms with E-state index in [2.05, 4.69) is 18.7 Å². The first kappa shape index (κ1) is 14.1. The summed E-state index contributed by atoms with van der Waals surface area (Å²) in [5.74, 6) is 1.35. The van der Waals surface area contributed by atoms with Crippen molar-refractivity contribution in [3.05, 3.63) is 23.7 Å². The van der Waals surface area contributed by atoms with Crippen molar-refractivity contribution in [2.45, 2.75) is 39.7 Å². The molecular formula is C15H23NO3. The van der Waals surface area contributed by atoms with E-state index in [0.29, 0.717) is 0 Å². The second-order valence-electron chi connectivity index (χ2n) is 5.78. The molecule has 2 heterocycles. The predicted molar refractivity (Wildman–Crippen MR) is 73.1 cm³/mol. The minimum absolute atomic E-state index is 0.0323. The lowest BCUT2D eigenvalue weighted by atomic mass is 9.89. The summed E-state index contributed by atoms with van der Waals surface area (Å²) in [6, 6.07) is 3.31. The number of aromatic carboxylic acids is 1.